The lowest BCUT2D eigenvalue weighted by Gasteiger charge is -2.14. The number of carbonyl (C=O) groups is 2. The topological polar surface area (TPSA) is 71.2 Å². The highest BCUT2D eigenvalue weighted by Crippen LogP contribution is 2.20. The molecule has 0 amide bonds. The number of nitrogens with one attached hydrogen (secondary N) is 2. The zero-order valence-electron chi connectivity index (χ0n) is 14.2. The second kappa shape index (κ2) is 7.64. The van der Waals surface area contributed by atoms with Gasteiger partial charge >= 0.3 is 5.97 Å². The van der Waals surface area contributed by atoms with E-state index in [-0.39, 0.29) is 18.4 Å². The number of carbonyl (C=O) groups excluding carboxylic acids is 2. The fourth-order valence-corrected chi connectivity index (χ4v) is 2.86. The van der Waals surface area contributed by atoms with Crippen LogP contribution < -0.4 is 5.32 Å². The highest BCUT2D eigenvalue weighted by molar-refractivity contribution is 6.30. The molecule has 1 heterocycles. The number of H-pyrrole nitrogens is 1. The molecule has 0 fully saturated rings. The lowest BCUT2D eigenvalue weighted by Crippen LogP contribution is -2.26. The lowest BCUT2D eigenvalue weighted by molar-refractivity contribution is 0.0599. The number of ether oxygens (including phenoxy) is 1. The van der Waals surface area contributed by atoms with Crippen LogP contribution >= 0.6 is 11.6 Å². The summed E-state index contributed by atoms with van der Waals surface area (Å²) in [7, 11) is 1.32. The summed E-state index contributed by atoms with van der Waals surface area (Å²) in [4.78, 5) is 27.3. The maximum atomic E-state index is 12.5. The number of ketones is 1. The van der Waals surface area contributed by atoms with E-state index >= 15 is 0 Å². The highest BCUT2D eigenvalue weighted by atomic mass is 35.5. The van der Waals surface area contributed by atoms with Crippen molar-refractivity contribution in [3.05, 3.63) is 57.4 Å². The van der Waals surface area contributed by atoms with Crippen molar-refractivity contribution in [2.45, 2.75) is 26.8 Å². The largest absolute Gasteiger partial charge is 0.465 e. The number of benzene rings is 1. The molecular weight excluding hydrogens is 328 g/mol. The summed E-state index contributed by atoms with van der Waals surface area (Å²) in [5.74, 6) is -0.555. The summed E-state index contributed by atoms with van der Waals surface area (Å²) in [5.41, 5.74) is 3.10. The molecule has 1 atom stereocenters. The Kier molecular flexibility index (Phi) is 5.80. The van der Waals surface area contributed by atoms with Gasteiger partial charge < -0.3 is 15.0 Å². The van der Waals surface area contributed by atoms with E-state index in [0.29, 0.717) is 27.5 Å². The van der Waals surface area contributed by atoms with Crippen molar-refractivity contribution in [1.29, 1.82) is 0 Å². The smallest absolute Gasteiger partial charge is 0.339 e. The summed E-state index contributed by atoms with van der Waals surface area (Å²) in [6.45, 7) is 5.60. The minimum Gasteiger partial charge on any atom is -0.465 e. The van der Waals surface area contributed by atoms with Crippen LogP contribution in [0.5, 0.6) is 0 Å². The molecular formula is C18H21ClN2O3. The van der Waals surface area contributed by atoms with E-state index in [2.05, 4.69) is 10.3 Å². The Morgan fingerprint density at radius 2 is 2.04 bits per heavy atom. The fourth-order valence-electron chi connectivity index (χ4n) is 2.67. The molecule has 0 aliphatic heterocycles. The lowest BCUT2D eigenvalue weighted by atomic mass is 10.1. The predicted octanol–water partition coefficient (Wildman–Crippen LogP) is 3.61. The molecule has 0 bridgehead atoms. The van der Waals surface area contributed by atoms with Crippen molar-refractivity contribution in [3.63, 3.8) is 0 Å². The third-order valence-corrected chi connectivity index (χ3v) is 4.26. The molecule has 2 N–H and O–H groups in total. The molecule has 0 aliphatic rings. The molecule has 2 aromatic rings. The van der Waals surface area contributed by atoms with Gasteiger partial charge in [-0.05, 0) is 44.0 Å². The van der Waals surface area contributed by atoms with Crippen LogP contribution in [-0.4, -0.2) is 30.4 Å². The van der Waals surface area contributed by atoms with Gasteiger partial charge in [0.25, 0.3) is 0 Å². The van der Waals surface area contributed by atoms with Gasteiger partial charge in [-0.15, -0.1) is 0 Å². The van der Waals surface area contributed by atoms with Crippen LogP contribution in [0.1, 0.15) is 50.6 Å². The molecule has 0 radical (unpaired) electrons. The molecule has 0 saturated carbocycles. The molecule has 1 aromatic carbocycles. The van der Waals surface area contributed by atoms with Gasteiger partial charge in [0.05, 0.1) is 24.9 Å². The Morgan fingerprint density at radius 3 is 2.67 bits per heavy atom. The van der Waals surface area contributed by atoms with Gasteiger partial charge in [-0.1, -0.05) is 23.7 Å². The van der Waals surface area contributed by atoms with E-state index in [4.69, 9.17) is 16.3 Å². The zero-order chi connectivity index (χ0) is 17.9. The molecule has 0 unspecified atom stereocenters. The SMILES string of the molecule is COC(=O)c1c(C)[nH]c(C(=O)CN[C@@H](C)c2cccc(Cl)c2)c1C. The molecule has 128 valence electrons. The van der Waals surface area contributed by atoms with Gasteiger partial charge in [0.2, 0.25) is 0 Å². The zero-order valence-corrected chi connectivity index (χ0v) is 15.0. The van der Waals surface area contributed by atoms with Gasteiger partial charge in [0.15, 0.2) is 5.78 Å². The van der Waals surface area contributed by atoms with Gasteiger partial charge in [-0.2, -0.15) is 0 Å². The third-order valence-electron chi connectivity index (χ3n) is 4.02. The van der Waals surface area contributed by atoms with E-state index in [1.807, 2.05) is 31.2 Å². The Hall–Kier alpha value is -2.11. The minimum atomic E-state index is -0.444. The van der Waals surface area contributed by atoms with Crippen LogP contribution in [0.15, 0.2) is 24.3 Å². The summed E-state index contributed by atoms with van der Waals surface area (Å²) >= 11 is 5.99. The van der Waals surface area contributed by atoms with Crippen LogP contribution in [0.4, 0.5) is 0 Å². The second-order valence-electron chi connectivity index (χ2n) is 5.70. The minimum absolute atomic E-state index is 0.0240. The molecule has 1 aromatic heterocycles. The molecule has 2 rings (SSSR count). The van der Waals surface area contributed by atoms with E-state index < -0.39 is 5.97 Å². The maximum Gasteiger partial charge on any atom is 0.339 e. The fraction of sp³-hybridized carbons (Fsp3) is 0.333. The summed E-state index contributed by atoms with van der Waals surface area (Å²) in [6, 6.07) is 7.47. The van der Waals surface area contributed by atoms with Crippen molar-refractivity contribution >= 4 is 23.4 Å². The van der Waals surface area contributed by atoms with E-state index in [9.17, 15) is 9.59 Å². The van der Waals surface area contributed by atoms with Crippen molar-refractivity contribution in [2.75, 3.05) is 13.7 Å². The Labute approximate surface area is 146 Å². The highest BCUT2D eigenvalue weighted by Gasteiger charge is 2.22. The van der Waals surface area contributed by atoms with E-state index in [0.717, 1.165) is 5.56 Å². The van der Waals surface area contributed by atoms with Gasteiger partial charge in [-0.25, -0.2) is 4.79 Å². The Morgan fingerprint density at radius 1 is 1.33 bits per heavy atom. The van der Waals surface area contributed by atoms with E-state index in [1.54, 1.807) is 13.8 Å². The monoisotopic (exact) mass is 348 g/mol. The molecule has 5 nitrogen and oxygen atoms in total. The number of methoxy groups -OCH3 is 1. The maximum absolute atomic E-state index is 12.5. The average Bonchev–Trinajstić information content (AvgIpc) is 2.86. The normalized spacial score (nSPS) is 12.0. The summed E-state index contributed by atoms with van der Waals surface area (Å²) in [6.07, 6.45) is 0. The first kappa shape index (κ1) is 18.2. The summed E-state index contributed by atoms with van der Waals surface area (Å²) < 4.78 is 4.76. The molecule has 0 saturated heterocycles. The van der Waals surface area contributed by atoms with Crippen LogP contribution in [0.25, 0.3) is 0 Å². The van der Waals surface area contributed by atoms with Crippen LogP contribution in [-0.2, 0) is 4.74 Å². The first-order valence-corrected chi connectivity index (χ1v) is 8.02. The van der Waals surface area contributed by atoms with Crippen molar-refractivity contribution < 1.29 is 14.3 Å². The van der Waals surface area contributed by atoms with Gasteiger partial charge in [-0.3, -0.25) is 4.79 Å². The number of hydrogen-bond donors (Lipinski definition) is 2. The van der Waals surface area contributed by atoms with Crippen LogP contribution in [0.2, 0.25) is 5.02 Å². The van der Waals surface area contributed by atoms with Crippen molar-refractivity contribution in [3.8, 4) is 0 Å². The first-order chi connectivity index (χ1) is 11.3. The van der Waals surface area contributed by atoms with Crippen LogP contribution in [0, 0.1) is 13.8 Å². The number of aromatic amines is 1. The molecule has 0 spiro atoms. The Bertz CT molecular complexity index is 768. The van der Waals surface area contributed by atoms with Crippen molar-refractivity contribution in [2.24, 2.45) is 0 Å². The molecule has 24 heavy (non-hydrogen) atoms. The number of rotatable bonds is 6. The molecule has 0 aliphatic carbocycles. The second-order valence-corrected chi connectivity index (χ2v) is 6.13. The predicted molar refractivity (Wildman–Crippen MR) is 93.8 cm³/mol. The Balaban J connectivity index is 2.09. The van der Waals surface area contributed by atoms with Gasteiger partial charge in [0, 0.05) is 16.8 Å². The number of Topliss-reactive ketones (excluding diaryl/α,β-unsaturated/α-hetero) is 1. The first-order valence-electron chi connectivity index (χ1n) is 7.64. The van der Waals surface area contributed by atoms with Gasteiger partial charge in [0.1, 0.15) is 0 Å². The van der Waals surface area contributed by atoms with Crippen LogP contribution in [0.3, 0.4) is 0 Å². The number of halogens is 1. The molecule has 6 heteroatoms. The van der Waals surface area contributed by atoms with E-state index in [1.165, 1.54) is 7.11 Å². The van der Waals surface area contributed by atoms with Crippen molar-refractivity contribution in [1.82, 2.24) is 10.3 Å². The number of hydrogen-bond acceptors (Lipinski definition) is 4. The summed E-state index contributed by atoms with van der Waals surface area (Å²) in [5, 5.41) is 3.84. The quantitative estimate of drug-likeness (QED) is 0.618. The standard InChI is InChI=1S/C18H21ClN2O3/c1-10-16(18(23)24-4)12(3)21-17(10)15(22)9-20-11(2)13-6-5-7-14(19)8-13/h5-8,11,20-21H,9H2,1-4H3/t11-/m0/s1. The average molecular weight is 349 g/mol. The number of aryl methyl sites for hydroxylation is 1. The number of aromatic nitrogens is 1. The third kappa shape index (κ3) is 3.86. The number of esters is 1.